The van der Waals surface area contributed by atoms with Gasteiger partial charge in [-0.25, -0.2) is 0 Å². The van der Waals surface area contributed by atoms with Gasteiger partial charge in [-0.15, -0.1) is 0 Å². The normalized spacial score (nSPS) is 10.7. The Balaban J connectivity index is 2.94. The summed E-state index contributed by atoms with van der Waals surface area (Å²) in [6.07, 6.45) is 1.78. The Morgan fingerprint density at radius 2 is 1.89 bits per heavy atom. The predicted octanol–water partition coefficient (Wildman–Crippen LogP) is 2.41. The highest BCUT2D eigenvalue weighted by Gasteiger charge is 2.22. The Morgan fingerprint density at radius 1 is 1.22 bits per heavy atom. The molecule has 0 saturated heterocycles. The van der Waals surface area contributed by atoms with Crippen LogP contribution in [0.4, 0.5) is 0 Å². The molecule has 0 radical (unpaired) electrons. The highest BCUT2D eigenvalue weighted by Crippen LogP contribution is 2.22. The number of aryl methyl sites for hydroxylation is 2. The molecule has 2 N–H and O–H groups in total. The Hall–Kier alpha value is -1.29. The van der Waals surface area contributed by atoms with Gasteiger partial charge in [0, 0.05) is 18.7 Å². The molecule has 0 saturated carbocycles. The van der Waals surface area contributed by atoms with Gasteiger partial charge in [0.2, 0.25) is 0 Å². The molecule has 1 aromatic heterocycles. The fraction of sp³-hybridized carbons (Fsp3) is 0.643. The van der Waals surface area contributed by atoms with Crippen molar-refractivity contribution < 1.29 is 9.21 Å². The van der Waals surface area contributed by atoms with Crippen molar-refractivity contribution in [3.05, 3.63) is 22.6 Å². The molecule has 0 fully saturated rings. The van der Waals surface area contributed by atoms with Crippen LogP contribution in [0.2, 0.25) is 0 Å². The van der Waals surface area contributed by atoms with E-state index in [4.69, 9.17) is 10.2 Å². The number of amides is 1. The fourth-order valence-corrected chi connectivity index (χ4v) is 2.13. The molecule has 18 heavy (non-hydrogen) atoms. The smallest absolute Gasteiger partial charge is 0.257 e. The molecule has 0 aliphatic rings. The summed E-state index contributed by atoms with van der Waals surface area (Å²) >= 11 is 0. The number of nitrogens with two attached hydrogens (primary N) is 1. The fourth-order valence-electron chi connectivity index (χ4n) is 2.13. The van der Waals surface area contributed by atoms with Gasteiger partial charge in [-0.05, 0) is 40.2 Å². The highest BCUT2D eigenvalue weighted by atomic mass is 16.3. The van der Waals surface area contributed by atoms with E-state index in [-0.39, 0.29) is 5.91 Å². The maximum absolute atomic E-state index is 12.5. The second-order valence-corrected chi connectivity index (χ2v) is 4.65. The third-order valence-corrected chi connectivity index (χ3v) is 3.19. The van der Waals surface area contributed by atoms with Gasteiger partial charge >= 0.3 is 0 Å². The Morgan fingerprint density at radius 3 is 2.33 bits per heavy atom. The van der Waals surface area contributed by atoms with Crippen LogP contribution in [-0.2, 0) is 0 Å². The van der Waals surface area contributed by atoms with Crippen molar-refractivity contribution in [2.24, 2.45) is 5.73 Å². The molecule has 1 rings (SSSR count). The van der Waals surface area contributed by atoms with Crippen LogP contribution in [0.1, 0.15) is 47.2 Å². The summed E-state index contributed by atoms with van der Waals surface area (Å²) in [5.41, 5.74) is 7.19. The molecular formula is C14H24N2O2. The molecule has 1 amide bonds. The first kappa shape index (κ1) is 14.8. The standard InChI is InChI=1S/C14H24N2O2/c1-5-8-16(9-6-7-15)14(17)13-10(2)11(3)18-12(13)4/h5-9,15H2,1-4H3. The zero-order chi connectivity index (χ0) is 13.7. The summed E-state index contributed by atoms with van der Waals surface area (Å²) in [6, 6.07) is 0. The van der Waals surface area contributed by atoms with Crippen molar-refractivity contribution in [2.45, 2.75) is 40.5 Å². The average molecular weight is 252 g/mol. The molecule has 4 heteroatoms. The van der Waals surface area contributed by atoms with Crippen molar-refractivity contribution >= 4 is 5.91 Å². The van der Waals surface area contributed by atoms with Crippen molar-refractivity contribution in [1.82, 2.24) is 4.90 Å². The van der Waals surface area contributed by atoms with Gasteiger partial charge in [-0.2, -0.15) is 0 Å². The number of furan rings is 1. The predicted molar refractivity (Wildman–Crippen MR) is 72.8 cm³/mol. The summed E-state index contributed by atoms with van der Waals surface area (Å²) in [4.78, 5) is 14.4. The van der Waals surface area contributed by atoms with Gasteiger partial charge in [0.05, 0.1) is 5.56 Å². The van der Waals surface area contributed by atoms with E-state index in [9.17, 15) is 4.79 Å². The minimum atomic E-state index is 0.0668. The molecule has 0 spiro atoms. The first-order chi connectivity index (χ1) is 8.52. The van der Waals surface area contributed by atoms with Crippen LogP contribution < -0.4 is 5.73 Å². The van der Waals surface area contributed by atoms with Crippen molar-refractivity contribution in [3.8, 4) is 0 Å². The average Bonchev–Trinajstić information content (AvgIpc) is 2.58. The van der Waals surface area contributed by atoms with Crippen LogP contribution in [0.25, 0.3) is 0 Å². The second kappa shape index (κ2) is 6.59. The minimum absolute atomic E-state index is 0.0668. The van der Waals surface area contributed by atoms with Crippen LogP contribution in [0.15, 0.2) is 4.42 Å². The summed E-state index contributed by atoms with van der Waals surface area (Å²) < 4.78 is 5.53. The number of hydrogen-bond donors (Lipinski definition) is 1. The maximum Gasteiger partial charge on any atom is 0.257 e. The molecular weight excluding hydrogens is 228 g/mol. The number of nitrogens with zero attached hydrogens (tertiary/aromatic N) is 1. The lowest BCUT2D eigenvalue weighted by Crippen LogP contribution is -2.34. The number of carbonyl (C=O) groups excluding carboxylic acids is 1. The molecule has 0 aliphatic carbocycles. The molecule has 0 aromatic carbocycles. The third kappa shape index (κ3) is 3.13. The zero-order valence-electron chi connectivity index (χ0n) is 11.9. The van der Waals surface area contributed by atoms with Crippen molar-refractivity contribution in [3.63, 3.8) is 0 Å². The van der Waals surface area contributed by atoms with Gasteiger partial charge in [0.25, 0.3) is 5.91 Å². The molecule has 0 aliphatic heterocycles. The number of carbonyl (C=O) groups is 1. The molecule has 0 unspecified atom stereocenters. The summed E-state index contributed by atoms with van der Waals surface area (Å²) in [5, 5.41) is 0. The van der Waals surface area contributed by atoms with E-state index in [1.54, 1.807) is 0 Å². The zero-order valence-corrected chi connectivity index (χ0v) is 11.9. The van der Waals surface area contributed by atoms with E-state index in [0.29, 0.717) is 18.8 Å². The van der Waals surface area contributed by atoms with E-state index in [2.05, 4.69) is 6.92 Å². The van der Waals surface area contributed by atoms with Gasteiger partial charge in [-0.1, -0.05) is 6.92 Å². The molecule has 102 valence electrons. The van der Waals surface area contributed by atoms with E-state index < -0.39 is 0 Å². The van der Waals surface area contributed by atoms with Crippen LogP contribution in [0, 0.1) is 20.8 Å². The monoisotopic (exact) mass is 252 g/mol. The Labute approximate surface area is 109 Å². The second-order valence-electron chi connectivity index (χ2n) is 4.65. The maximum atomic E-state index is 12.5. The lowest BCUT2D eigenvalue weighted by Gasteiger charge is -2.22. The van der Waals surface area contributed by atoms with E-state index >= 15 is 0 Å². The highest BCUT2D eigenvalue weighted by molar-refractivity contribution is 5.96. The molecule has 1 aromatic rings. The van der Waals surface area contributed by atoms with Crippen molar-refractivity contribution in [1.29, 1.82) is 0 Å². The number of rotatable bonds is 6. The van der Waals surface area contributed by atoms with Gasteiger partial charge in [0.1, 0.15) is 11.5 Å². The SMILES string of the molecule is CCCN(CCCN)C(=O)c1c(C)oc(C)c1C. The third-order valence-electron chi connectivity index (χ3n) is 3.19. The number of hydrogen-bond acceptors (Lipinski definition) is 3. The van der Waals surface area contributed by atoms with Gasteiger partial charge in [-0.3, -0.25) is 4.79 Å². The van der Waals surface area contributed by atoms with Gasteiger partial charge < -0.3 is 15.1 Å². The summed E-state index contributed by atoms with van der Waals surface area (Å²) in [5.74, 6) is 1.60. The molecule has 0 bridgehead atoms. The van der Waals surface area contributed by atoms with Crippen LogP contribution >= 0.6 is 0 Å². The van der Waals surface area contributed by atoms with E-state index in [0.717, 1.165) is 36.3 Å². The first-order valence-electron chi connectivity index (χ1n) is 6.58. The summed E-state index contributed by atoms with van der Waals surface area (Å²) in [7, 11) is 0. The quantitative estimate of drug-likeness (QED) is 0.845. The Bertz CT molecular complexity index is 410. The first-order valence-corrected chi connectivity index (χ1v) is 6.58. The Kier molecular flexibility index (Phi) is 5.41. The molecule has 0 atom stereocenters. The minimum Gasteiger partial charge on any atom is -0.466 e. The topological polar surface area (TPSA) is 59.5 Å². The van der Waals surface area contributed by atoms with Gasteiger partial charge in [0.15, 0.2) is 0 Å². The van der Waals surface area contributed by atoms with Crippen LogP contribution in [0.3, 0.4) is 0 Å². The van der Waals surface area contributed by atoms with E-state index in [1.807, 2.05) is 25.7 Å². The summed E-state index contributed by atoms with van der Waals surface area (Å²) in [6.45, 7) is 9.84. The molecule has 1 heterocycles. The van der Waals surface area contributed by atoms with Crippen LogP contribution in [-0.4, -0.2) is 30.4 Å². The molecule has 4 nitrogen and oxygen atoms in total. The van der Waals surface area contributed by atoms with Crippen molar-refractivity contribution in [2.75, 3.05) is 19.6 Å². The largest absolute Gasteiger partial charge is 0.466 e. The lowest BCUT2D eigenvalue weighted by atomic mass is 10.1. The van der Waals surface area contributed by atoms with E-state index in [1.165, 1.54) is 0 Å². The lowest BCUT2D eigenvalue weighted by molar-refractivity contribution is 0.0752. The van der Waals surface area contributed by atoms with Crippen LogP contribution in [0.5, 0.6) is 0 Å².